The fraction of sp³-hybridized carbons (Fsp3) is 0.467. The van der Waals surface area contributed by atoms with Crippen molar-refractivity contribution >= 4 is 0 Å². The summed E-state index contributed by atoms with van der Waals surface area (Å²) in [5, 5.41) is 10.1. The number of nitrogens with zero attached hydrogens (tertiary/aromatic N) is 1. The van der Waals surface area contributed by atoms with Crippen molar-refractivity contribution in [1.29, 1.82) is 0 Å². The molecule has 0 aliphatic heterocycles. The van der Waals surface area contributed by atoms with E-state index in [-0.39, 0.29) is 5.82 Å². The second-order valence-electron chi connectivity index (χ2n) is 4.86. The van der Waals surface area contributed by atoms with Gasteiger partial charge in [-0.15, -0.1) is 6.42 Å². The molecule has 1 unspecified atom stereocenters. The van der Waals surface area contributed by atoms with Crippen LogP contribution in [0.1, 0.15) is 25.5 Å². The molecule has 0 saturated carbocycles. The Hall–Kier alpha value is -1.37. The van der Waals surface area contributed by atoms with Gasteiger partial charge in [0.2, 0.25) is 0 Å². The van der Waals surface area contributed by atoms with E-state index in [1.165, 1.54) is 12.1 Å². The number of aliphatic hydroxyl groups excluding tert-OH is 1. The third kappa shape index (κ3) is 4.87. The molecule has 98 valence electrons. The van der Waals surface area contributed by atoms with Crippen LogP contribution in [0.4, 0.5) is 4.39 Å². The molecular weight excluding hydrogens is 229 g/mol. The van der Waals surface area contributed by atoms with Crippen LogP contribution in [0.15, 0.2) is 24.3 Å². The Morgan fingerprint density at radius 2 is 1.89 bits per heavy atom. The van der Waals surface area contributed by atoms with E-state index in [0.717, 1.165) is 6.54 Å². The second-order valence-corrected chi connectivity index (χ2v) is 4.86. The average molecular weight is 249 g/mol. The number of terminal acetylenes is 1. The van der Waals surface area contributed by atoms with E-state index in [4.69, 9.17) is 6.42 Å². The van der Waals surface area contributed by atoms with Gasteiger partial charge in [-0.1, -0.05) is 31.9 Å². The van der Waals surface area contributed by atoms with E-state index in [9.17, 15) is 9.50 Å². The minimum Gasteiger partial charge on any atom is -0.387 e. The van der Waals surface area contributed by atoms with Gasteiger partial charge >= 0.3 is 0 Å². The molecule has 1 atom stereocenters. The highest BCUT2D eigenvalue weighted by molar-refractivity contribution is 5.18. The van der Waals surface area contributed by atoms with Crippen molar-refractivity contribution in [3.8, 4) is 12.3 Å². The summed E-state index contributed by atoms with van der Waals surface area (Å²) in [6.45, 7) is 6.02. The first-order valence-electron chi connectivity index (χ1n) is 6.12. The number of hydrogen-bond donors (Lipinski definition) is 1. The van der Waals surface area contributed by atoms with Crippen molar-refractivity contribution in [1.82, 2.24) is 4.90 Å². The maximum absolute atomic E-state index is 12.8. The van der Waals surface area contributed by atoms with E-state index in [1.807, 2.05) is 4.90 Å². The molecule has 0 heterocycles. The lowest BCUT2D eigenvalue weighted by Crippen LogP contribution is -2.32. The van der Waals surface area contributed by atoms with E-state index < -0.39 is 6.10 Å². The highest BCUT2D eigenvalue weighted by Gasteiger charge is 2.14. The highest BCUT2D eigenvalue weighted by atomic mass is 19.1. The summed E-state index contributed by atoms with van der Waals surface area (Å²) in [4.78, 5) is 2.03. The molecule has 0 aliphatic carbocycles. The van der Waals surface area contributed by atoms with Crippen LogP contribution >= 0.6 is 0 Å². The van der Waals surface area contributed by atoms with Crippen molar-refractivity contribution < 1.29 is 9.50 Å². The summed E-state index contributed by atoms with van der Waals surface area (Å²) in [7, 11) is 0. The molecule has 0 saturated heterocycles. The smallest absolute Gasteiger partial charge is 0.123 e. The van der Waals surface area contributed by atoms with Crippen molar-refractivity contribution in [3.63, 3.8) is 0 Å². The van der Waals surface area contributed by atoms with Gasteiger partial charge in [-0.25, -0.2) is 4.39 Å². The fourth-order valence-electron chi connectivity index (χ4n) is 1.88. The van der Waals surface area contributed by atoms with Crippen LogP contribution in [0.3, 0.4) is 0 Å². The topological polar surface area (TPSA) is 23.5 Å². The summed E-state index contributed by atoms with van der Waals surface area (Å²) in [5.74, 6) is 2.78. The van der Waals surface area contributed by atoms with Gasteiger partial charge in [0.1, 0.15) is 5.82 Å². The van der Waals surface area contributed by atoms with Gasteiger partial charge in [-0.2, -0.15) is 0 Å². The Balaban J connectivity index is 2.63. The molecule has 0 radical (unpaired) electrons. The molecule has 1 aromatic rings. The van der Waals surface area contributed by atoms with E-state index in [2.05, 4.69) is 19.8 Å². The van der Waals surface area contributed by atoms with Crippen molar-refractivity contribution in [2.45, 2.75) is 20.0 Å². The van der Waals surface area contributed by atoms with Gasteiger partial charge in [-0.05, 0) is 23.6 Å². The minimum absolute atomic E-state index is 0.298. The Morgan fingerprint density at radius 3 is 2.39 bits per heavy atom. The molecule has 0 fully saturated rings. The molecule has 0 spiro atoms. The van der Waals surface area contributed by atoms with E-state index >= 15 is 0 Å². The van der Waals surface area contributed by atoms with Crippen LogP contribution < -0.4 is 0 Å². The first kappa shape index (κ1) is 14.7. The van der Waals surface area contributed by atoms with E-state index in [1.54, 1.807) is 12.1 Å². The van der Waals surface area contributed by atoms with Crippen LogP contribution in [-0.4, -0.2) is 29.6 Å². The summed E-state index contributed by atoms with van der Waals surface area (Å²) >= 11 is 0. The largest absolute Gasteiger partial charge is 0.387 e. The average Bonchev–Trinajstić information content (AvgIpc) is 2.29. The molecule has 0 bridgehead atoms. The SMILES string of the molecule is C#CCN(CC(C)C)CC(O)c1ccc(F)cc1. The Kier molecular flexibility index (Phi) is 5.84. The predicted octanol–water partition coefficient (Wildman–Crippen LogP) is 2.45. The molecule has 0 aromatic heterocycles. The van der Waals surface area contributed by atoms with Gasteiger partial charge in [0, 0.05) is 13.1 Å². The number of halogens is 1. The molecule has 18 heavy (non-hydrogen) atoms. The van der Waals surface area contributed by atoms with Gasteiger partial charge < -0.3 is 5.11 Å². The zero-order chi connectivity index (χ0) is 13.5. The molecule has 1 aromatic carbocycles. The molecular formula is C15H20FNO. The lowest BCUT2D eigenvalue weighted by Gasteiger charge is -2.24. The van der Waals surface area contributed by atoms with Crippen molar-refractivity contribution in [3.05, 3.63) is 35.6 Å². The molecule has 3 heteroatoms. The first-order valence-corrected chi connectivity index (χ1v) is 6.12. The molecule has 0 amide bonds. The van der Waals surface area contributed by atoms with Gasteiger partial charge in [0.25, 0.3) is 0 Å². The zero-order valence-electron chi connectivity index (χ0n) is 10.9. The van der Waals surface area contributed by atoms with Crippen LogP contribution in [0.2, 0.25) is 0 Å². The monoisotopic (exact) mass is 249 g/mol. The standard InChI is InChI=1S/C15H20FNO/c1-4-9-17(10-12(2)3)11-15(18)13-5-7-14(16)8-6-13/h1,5-8,12,15,18H,9-11H2,2-3H3. The Bertz CT molecular complexity index is 394. The summed E-state index contributed by atoms with van der Waals surface area (Å²) in [6.07, 6.45) is 4.68. The Morgan fingerprint density at radius 1 is 1.28 bits per heavy atom. The van der Waals surface area contributed by atoms with Crippen molar-refractivity contribution in [2.75, 3.05) is 19.6 Å². The first-order chi connectivity index (χ1) is 8.52. The molecule has 0 aliphatic rings. The number of hydrogen-bond acceptors (Lipinski definition) is 2. The molecule has 1 N–H and O–H groups in total. The second kappa shape index (κ2) is 7.15. The quantitative estimate of drug-likeness (QED) is 0.783. The number of benzene rings is 1. The lowest BCUT2D eigenvalue weighted by atomic mass is 10.1. The molecule has 2 nitrogen and oxygen atoms in total. The normalized spacial score (nSPS) is 12.7. The molecule has 1 rings (SSSR count). The number of rotatable bonds is 6. The van der Waals surface area contributed by atoms with Crippen molar-refractivity contribution in [2.24, 2.45) is 5.92 Å². The highest BCUT2D eigenvalue weighted by Crippen LogP contribution is 2.15. The van der Waals surface area contributed by atoms with E-state index in [0.29, 0.717) is 24.6 Å². The predicted molar refractivity (Wildman–Crippen MR) is 71.5 cm³/mol. The minimum atomic E-state index is -0.641. The third-order valence-corrected chi connectivity index (χ3v) is 2.62. The maximum atomic E-state index is 12.8. The van der Waals surface area contributed by atoms with Crippen LogP contribution in [0.25, 0.3) is 0 Å². The van der Waals surface area contributed by atoms with Gasteiger partial charge in [0.05, 0.1) is 12.6 Å². The Labute approximate surface area is 108 Å². The number of aliphatic hydroxyl groups is 1. The maximum Gasteiger partial charge on any atom is 0.123 e. The lowest BCUT2D eigenvalue weighted by molar-refractivity contribution is 0.114. The zero-order valence-corrected chi connectivity index (χ0v) is 10.9. The van der Waals surface area contributed by atoms with Crippen LogP contribution in [-0.2, 0) is 0 Å². The van der Waals surface area contributed by atoms with Crippen LogP contribution in [0, 0.1) is 24.1 Å². The van der Waals surface area contributed by atoms with Crippen LogP contribution in [0.5, 0.6) is 0 Å². The fourth-order valence-corrected chi connectivity index (χ4v) is 1.88. The summed E-state index contributed by atoms with van der Waals surface area (Å²) in [6, 6.07) is 5.91. The summed E-state index contributed by atoms with van der Waals surface area (Å²) < 4.78 is 12.8. The third-order valence-electron chi connectivity index (χ3n) is 2.62. The van der Waals surface area contributed by atoms with Gasteiger partial charge in [-0.3, -0.25) is 4.90 Å². The summed E-state index contributed by atoms with van der Waals surface area (Å²) in [5.41, 5.74) is 0.710. The van der Waals surface area contributed by atoms with Gasteiger partial charge in [0.15, 0.2) is 0 Å².